The molecular weight excluding hydrogens is 292 g/mol. The number of hydrogen-bond donors (Lipinski definition) is 1. The Morgan fingerprint density at radius 1 is 1.35 bits per heavy atom. The highest BCUT2D eigenvalue weighted by molar-refractivity contribution is 5.78. The van der Waals surface area contributed by atoms with E-state index in [1.54, 1.807) is 12.4 Å². The summed E-state index contributed by atoms with van der Waals surface area (Å²) in [6.07, 6.45) is 5.07. The number of aromatic amines is 1. The number of nitrogens with one attached hydrogen (secondary N) is 1. The Bertz CT molecular complexity index is 838. The van der Waals surface area contributed by atoms with Gasteiger partial charge in [0.25, 0.3) is 0 Å². The summed E-state index contributed by atoms with van der Waals surface area (Å²) in [4.78, 5) is 23.9. The summed E-state index contributed by atoms with van der Waals surface area (Å²) >= 11 is 0. The summed E-state index contributed by atoms with van der Waals surface area (Å²) in [6, 6.07) is 6.15. The van der Waals surface area contributed by atoms with E-state index in [0.29, 0.717) is 0 Å². The second-order valence-electron chi connectivity index (χ2n) is 5.95. The van der Waals surface area contributed by atoms with Crippen molar-refractivity contribution < 1.29 is 4.79 Å². The molecule has 0 saturated carbocycles. The van der Waals surface area contributed by atoms with Gasteiger partial charge in [-0.2, -0.15) is 15.0 Å². The van der Waals surface area contributed by atoms with E-state index < -0.39 is 0 Å². The molecule has 4 rings (SSSR count). The summed E-state index contributed by atoms with van der Waals surface area (Å²) in [5.41, 5.74) is 3.16. The van der Waals surface area contributed by atoms with Gasteiger partial charge < -0.3 is 9.88 Å². The van der Waals surface area contributed by atoms with Gasteiger partial charge in [-0.1, -0.05) is 6.07 Å². The van der Waals surface area contributed by atoms with Gasteiger partial charge in [0.2, 0.25) is 5.91 Å². The maximum Gasteiger partial charge on any atom is 0.246 e. The number of imidazole rings is 1. The smallest absolute Gasteiger partial charge is 0.246 e. The number of nitrogens with zero attached hydrogens (tertiary/aromatic N) is 5. The molecule has 118 valence electrons. The van der Waals surface area contributed by atoms with E-state index in [2.05, 4.69) is 33.2 Å². The lowest BCUT2D eigenvalue weighted by atomic mass is 10.2. The minimum Gasteiger partial charge on any atom is -0.340 e. The standard InChI is InChI=1S/C16H18N6O/c1-11-4-5-12-13(9-11)20-16(19-12)14-3-2-8-21(14)15(23)10-22-17-6-7-18-22/h4-7,9,14H,2-3,8,10H2,1H3,(H,19,20)/t14-/m1/s1. The van der Waals surface area contributed by atoms with Gasteiger partial charge in [-0.3, -0.25) is 4.79 Å². The van der Waals surface area contributed by atoms with Crippen LogP contribution in [0.4, 0.5) is 0 Å². The topological polar surface area (TPSA) is 79.7 Å². The SMILES string of the molecule is Cc1ccc2nc([C@H]3CCCN3C(=O)Cn3nccn3)[nH]c2c1. The fourth-order valence-corrected chi connectivity index (χ4v) is 3.19. The number of likely N-dealkylation sites (tertiary alicyclic amines) is 1. The molecule has 0 unspecified atom stereocenters. The van der Waals surface area contributed by atoms with Gasteiger partial charge in [-0.05, 0) is 37.5 Å². The van der Waals surface area contributed by atoms with Crippen molar-refractivity contribution in [1.29, 1.82) is 0 Å². The Labute approximate surface area is 133 Å². The molecule has 1 aliphatic heterocycles. The van der Waals surface area contributed by atoms with Gasteiger partial charge in [-0.15, -0.1) is 0 Å². The largest absolute Gasteiger partial charge is 0.340 e. The zero-order valence-corrected chi connectivity index (χ0v) is 12.9. The number of carbonyl (C=O) groups excluding carboxylic acids is 1. The summed E-state index contributed by atoms with van der Waals surface area (Å²) in [6.45, 7) is 2.98. The lowest BCUT2D eigenvalue weighted by molar-refractivity contribution is -0.133. The van der Waals surface area contributed by atoms with Crippen LogP contribution in [0.1, 0.15) is 30.3 Å². The van der Waals surface area contributed by atoms with Crippen molar-refractivity contribution in [3.63, 3.8) is 0 Å². The number of carbonyl (C=O) groups is 1. The number of amides is 1. The number of benzene rings is 1. The first-order chi connectivity index (χ1) is 11.2. The maximum atomic E-state index is 12.5. The quantitative estimate of drug-likeness (QED) is 0.800. The van der Waals surface area contributed by atoms with E-state index in [0.717, 1.165) is 36.2 Å². The van der Waals surface area contributed by atoms with E-state index >= 15 is 0 Å². The fraction of sp³-hybridized carbons (Fsp3) is 0.375. The molecule has 3 heterocycles. The van der Waals surface area contributed by atoms with E-state index in [4.69, 9.17) is 0 Å². The molecule has 7 heteroatoms. The average Bonchev–Trinajstić information content (AvgIpc) is 3.26. The molecule has 1 saturated heterocycles. The summed E-state index contributed by atoms with van der Waals surface area (Å²) in [5, 5.41) is 8.01. The Hall–Kier alpha value is -2.70. The minimum atomic E-state index is 0.00534. The minimum absolute atomic E-state index is 0.00534. The van der Waals surface area contributed by atoms with Crippen LogP contribution < -0.4 is 0 Å². The van der Waals surface area contributed by atoms with Crippen LogP contribution in [0, 0.1) is 6.92 Å². The first-order valence-electron chi connectivity index (χ1n) is 7.80. The molecule has 7 nitrogen and oxygen atoms in total. The summed E-state index contributed by atoms with van der Waals surface area (Å²) < 4.78 is 0. The highest BCUT2D eigenvalue weighted by atomic mass is 16.2. The van der Waals surface area contributed by atoms with E-state index in [1.807, 2.05) is 17.0 Å². The summed E-state index contributed by atoms with van der Waals surface area (Å²) in [5.74, 6) is 0.894. The normalized spacial score (nSPS) is 18.0. The molecule has 1 amide bonds. The number of H-pyrrole nitrogens is 1. The highest BCUT2D eigenvalue weighted by Crippen LogP contribution is 2.31. The molecular formula is C16H18N6O. The first kappa shape index (κ1) is 13.9. The molecule has 1 fully saturated rings. The van der Waals surface area contributed by atoms with Gasteiger partial charge in [0.1, 0.15) is 12.4 Å². The van der Waals surface area contributed by atoms with E-state index in [-0.39, 0.29) is 18.5 Å². The monoisotopic (exact) mass is 310 g/mol. The molecule has 1 aliphatic rings. The Morgan fingerprint density at radius 2 is 2.17 bits per heavy atom. The summed E-state index contributed by atoms with van der Waals surface area (Å²) in [7, 11) is 0. The van der Waals surface area contributed by atoms with Crippen LogP contribution in [0.2, 0.25) is 0 Å². The molecule has 1 atom stereocenters. The predicted molar refractivity (Wildman–Crippen MR) is 84.5 cm³/mol. The molecule has 1 aromatic carbocycles. The van der Waals surface area contributed by atoms with Crippen molar-refractivity contribution in [2.45, 2.75) is 32.4 Å². The van der Waals surface area contributed by atoms with E-state index in [9.17, 15) is 4.79 Å². The molecule has 0 aliphatic carbocycles. The number of aromatic nitrogens is 5. The number of fused-ring (bicyclic) bond motifs is 1. The van der Waals surface area contributed by atoms with Crippen LogP contribution in [0.25, 0.3) is 11.0 Å². The van der Waals surface area contributed by atoms with Crippen LogP contribution in [0.3, 0.4) is 0 Å². The van der Waals surface area contributed by atoms with Crippen LogP contribution >= 0.6 is 0 Å². The predicted octanol–water partition coefficient (Wildman–Crippen LogP) is 1.83. The molecule has 0 spiro atoms. The Kier molecular flexibility index (Phi) is 3.33. The van der Waals surface area contributed by atoms with Gasteiger partial charge in [0, 0.05) is 6.54 Å². The second-order valence-corrected chi connectivity index (χ2v) is 5.95. The van der Waals surface area contributed by atoms with Gasteiger partial charge in [0.15, 0.2) is 0 Å². The van der Waals surface area contributed by atoms with Crippen molar-refractivity contribution in [2.24, 2.45) is 0 Å². The van der Waals surface area contributed by atoms with Crippen LogP contribution in [-0.4, -0.2) is 42.3 Å². The molecule has 0 radical (unpaired) electrons. The van der Waals surface area contributed by atoms with E-state index in [1.165, 1.54) is 10.4 Å². The molecule has 2 aromatic heterocycles. The third-order valence-electron chi connectivity index (χ3n) is 4.29. The molecule has 3 aromatic rings. The van der Waals surface area contributed by atoms with Crippen molar-refractivity contribution >= 4 is 16.9 Å². The third kappa shape index (κ3) is 2.58. The maximum absolute atomic E-state index is 12.5. The van der Waals surface area contributed by atoms with Gasteiger partial charge in [-0.25, -0.2) is 4.98 Å². The van der Waals surface area contributed by atoms with Crippen LogP contribution in [-0.2, 0) is 11.3 Å². The molecule has 0 bridgehead atoms. The fourth-order valence-electron chi connectivity index (χ4n) is 3.19. The lowest BCUT2D eigenvalue weighted by Gasteiger charge is -2.22. The van der Waals surface area contributed by atoms with Crippen molar-refractivity contribution in [2.75, 3.05) is 6.54 Å². The van der Waals surface area contributed by atoms with Crippen molar-refractivity contribution in [3.05, 3.63) is 42.0 Å². The number of hydrogen-bond acceptors (Lipinski definition) is 4. The van der Waals surface area contributed by atoms with Gasteiger partial charge in [0.05, 0.1) is 29.5 Å². The molecule has 1 N–H and O–H groups in total. The van der Waals surface area contributed by atoms with Crippen LogP contribution in [0.5, 0.6) is 0 Å². The zero-order chi connectivity index (χ0) is 15.8. The van der Waals surface area contributed by atoms with Crippen molar-refractivity contribution in [3.8, 4) is 0 Å². The highest BCUT2D eigenvalue weighted by Gasteiger charge is 2.32. The molecule has 23 heavy (non-hydrogen) atoms. The van der Waals surface area contributed by atoms with Crippen LogP contribution in [0.15, 0.2) is 30.6 Å². The number of rotatable bonds is 3. The lowest BCUT2D eigenvalue weighted by Crippen LogP contribution is -2.34. The first-order valence-corrected chi connectivity index (χ1v) is 7.80. The average molecular weight is 310 g/mol. The number of aryl methyl sites for hydroxylation is 1. The third-order valence-corrected chi connectivity index (χ3v) is 4.29. The van der Waals surface area contributed by atoms with Crippen molar-refractivity contribution in [1.82, 2.24) is 29.9 Å². The Morgan fingerprint density at radius 3 is 3.00 bits per heavy atom. The zero-order valence-electron chi connectivity index (χ0n) is 12.9. The van der Waals surface area contributed by atoms with Gasteiger partial charge >= 0.3 is 0 Å². The Balaban J connectivity index is 1.59. The second kappa shape index (κ2) is 5.49.